The zero-order valence-electron chi connectivity index (χ0n) is 17.4. The van der Waals surface area contributed by atoms with Crippen LogP contribution in [0.5, 0.6) is 5.75 Å². The fourth-order valence-corrected chi connectivity index (χ4v) is 3.44. The van der Waals surface area contributed by atoms with Crippen molar-refractivity contribution >= 4 is 11.0 Å². The predicted molar refractivity (Wildman–Crippen MR) is 120 cm³/mol. The van der Waals surface area contributed by atoms with Crippen LogP contribution < -0.4 is 4.74 Å². The van der Waals surface area contributed by atoms with Crippen molar-refractivity contribution in [3.63, 3.8) is 0 Å². The van der Waals surface area contributed by atoms with Crippen LogP contribution in [0.4, 0.5) is 0 Å². The minimum atomic E-state index is -0.923. The molecule has 0 aliphatic rings. The minimum Gasteiger partial charge on any atom is -0.494 e. The van der Waals surface area contributed by atoms with Crippen LogP contribution >= 0.6 is 0 Å². The van der Waals surface area contributed by atoms with Crippen LogP contribution in [0.25, 0.3) is 22.2 Å². The van der Waals surface area contributed by atoms with Gasteiger partial charge in [0.2, 0.25) is 0 Å². The Labute approximate surface area is 176 Å². The van der Waals surface area contributed by atoms with E-state index in [9.17, 15) is 5.11 Å². The van der Waals surface area contributed by atoms with Crippen LogP contribution in [-0.4, -0.2) is 21.7 Å². The zero-order valence-corrected chi connectivity index (χ0v) is 17.4. The van der Waals surface area contributed by atoms with E-state index in [1.165, 1.54) is 0 Å². The topological polar surface area (TPSA) is 58.1 Å². The molecule has 4 aromatic rings. The molecule has 0 unspecified atom stereocenters. The molecule has 0 spiro atoms. The Kier molecular flexibility index (Phi) is 5.31. The highest BCUT2D eigenvalue weighted by Crippen LogP contribution is 2.32. The quantitative estimate of drug-likeness (QED) is 0.463. The molecule has 0 fully saturated rings. The summed E-state index contributed by atoms with van der Waals surface area (Å²) in [5, 5.41) is 10.5. The lowest BCUT2D eigenvalue weighted by Gasteiger charge is -2.21. The molecule has 4 heteroatoms. The van der Waals surface area contributed by atoms with Crippen LogP contribution in [0.1, 0.15) is 37.7 Å². The van der Waals surface area contributed by atoms with Crippen molar-refractivity contribution in [3.05, 3.63) is 83.7 Å². The Morgan fingerprint density at radius 2 is 1.77 bits per heavy atom. The highest BCUT2D eigenvalue weighted by molar-refractivity contribution is 5.83. The second-order valence-electron chi connectivity index (χ2n) is 7.63. The molecule has 0 radical (unpaired) electrons. The first-order valence-corrected chi connectivity index (χ1v) is 10.0. The lowest BCUT2D eigenvalue weighted by molar-refractivity contribution is 0.0792. The van der Waals surface area contributed by atoms with E-state index in [2.05, 4.69) is 27.9 Å². The minimum absolute atomic E-state index is 0.617. The monoisotopic (exact) mass is 396 g/mol. The molecule has 4 rings (SSSR count). The lowest BCUT2D eigenvalue weighted by atomic mass is 9.89. The van der Waals surface area contributed by atoms with Gasteiger partial charge >= 0.3 is 0 Å². The van der Waals surface area contributed by atoms with Gasteiger partial charge in [-0.1, -0.05) is 36.3 Å². The van der Waals surface area contributed by atoms with Crippen LogP contribution in [0.2, 0.25) is 0 Å². The maximum Gasteiger partial charge on any atom is 0.184 e. The van der Waals surface area contributed by atoms with Crippen molar-refractivity contribution in [1.82, 2.24) is 9.97 Å². The maximum absolute atomic E-state index is 10.5. The normalized spacial score (nSPS) is 11.2. The number of ether oxygens (including phenoxy) is 1. The van der Waals surface area contributed by atoms with E-state index < -0.39 is 5.60 Å². The van der Waals surface area contributed by atoms with Crippen molar-refractivity contribution in [2.45, 2.75) is 26.4 Å². The Bertz CT molecular complexity index is 1240. The molecule has 0 amide bonds. The number of imidazole rings is 1. The number of hydrogen-bond acceptors (Lipinski definition) is 3. The summed E-state index contributed by atoms with van der Waals surface area (Å²) in [7, 11) is 0. The van der Waals surface area contributed by atoms with E-state index in [0.717, 1.165) is 39.0 Å². The van der Waals surface area contributed by atoms with Crippen molar-refractivity contribution in [1.29, 1.82) is 0 Å². The highest BCUT2D eigenvalue weighted by Gasteiger charge is 2.20. The van der Waals surface area contributed by atoms with Crippen LogP contribution in [0.3, 0.4) is 0 Å². The first kappa shape index (κ1) is 19.8. The van der Waals surface area contributed by atoms with E-state index in [-0.39, 0.29) is 0 Å². The third-order valence-corrected chi connectivity index (χ3v) is 4.87. The number of aliphatic hydroxyl groups is 1. The van der Waals surface area contributed by atoms with Gasteiger partial charge in [-0.25, -0.2) is 4.98 Å². The van der Waals surface area contributed by atoms with Gasteiger partial charge in [-0.3, -0.25) is 0 Å². The van der Waals surface area contributed by atoms with Crippen LogP contribution in [0.15, 0.2) is 66.7 Å². The molecule has 3 aromatic carbocycles. The van der Waals surface area contributed by atoms with E-state index in [0.29, 0.717) is 12.4 Å². The molecular weight excluding hydrogens is 372 g/mol. The summed E-state index contributed by atoms with van der Waals surface area (Å²) in [6, 6.07) is 21.7. The number of fused-ring (bicyclic) bond motifs is 1. The number of nitrogens with one attached hydrogen (secondary N) is 1. The molecule has 1 aromatic heterocycles. The largest absolute Gasteiger partial charge is 0.494 e. The predicted octanol–water partition coefficient (Wildman–Crippen LogP) is 5.26. The molecule has 0 saturated heterocycles. The molecule has 0 aliphatic heterocycles. The van der Waals surface area contributed by atoms with E-state index >= 15 is 0 Å². The average molecular weight is 396 g/mol. The molecule has 4 nitrogen and oxygen atoms in total. The Morgan fingerprint density at radius 3 is 2.50 bits per heavy atom. The standard InChI is InChI=1S/C26H24N2O2/c1-4-30-20-13-9-18(10-14-20)11-16-25-27-23-15-12-19(17-24(23)28-25)21-7-5-6-8-22(21)26(2,3)29/h5-10,12-15,17,29H,4H2,1-3H3,(H,27,28). The van der Waals surface area contributed by atoms with Gasteiger partial charge in [0.05, 0.1) is 23.2 Å². The van der Waals surface area contributed by atoms with Gasteiger partial charge in [-0.15, -0.1) is 0 Å². The summed E-state index contributed by atoms with van der Waals surface area (Å²) in [5.74, 6) is 7.69. The average Bonchev–Trinajstić information content (AvgIpc) is 3.15. The van der Waals surface area contributed by atoms with E-state index in [1.54, 1.807) is 13.8 Å². The number of rotatable bonds is 4. The fraction of sp³-hybridized carbons (Fsp3) is 0.192. The summed E-state index contributed by atoms with van der Waals surface area (Å²) >= 11 is 0. The molecule has 0 saturated carbocycles. The van der Waals surface area contributed by atoms with Gasteiger partial charge in [-0.2, -0.15) is 0 Å². The van der Waals surface area contributed by atoms with Gasteiger partial charge in [0.25, 0.3) is 0 Å². The molecule has 2 N–H and O–H groups in total. The first-order valence-electron chi connectivity index (χ1n) is 10.0. The van der Waals surface area contributed by atoms with Gasteiger partial charge in [0.1, 0.15) is 5.75 Å². The Morgan fingerprint density at radius 1 is 1.00 bits per heavy atom. The molecule has 0 bridgehead atoms. The summed E-state index contributed by atoms with van der Waals surface area (Å²) in [4.78, 5) is 7.87. The second-order valence-corrected chi connectivity index (χ2v) is 7.63. The molecule has 0 aliphatic carbocycles. The molecule has 0 atom stereocenters. The van der Waals surface area contributed by atoms with Gasteiger partial charge in [0, 0.05) is 5.56 Å². The maximum atomic E-state index is 10.5. The van der Waals surface area contributed by atoms with Gasteiger partial charge < -0.3 is 14.8 Å². The smallest absolute Gasteiger partial charge is 0.184 e. The van der Waals surface area contributed by atoms with Crippen LogP contribution in [-0.2, 0) is 5.60 Å². The number of aromatic amines is 1. The van der Waals surface area contributed by atoms with Crippen molar-refractivity contribution in [2.24, 2.45) is 0 Å². The third-order valence-electron chi connectivity index (χ3n) is 4.87. The summed E-state index contributed by atoms with van der Waals surface area (Å²) in [6.45, 7) is 6.21. The third kappa shape index (κ3) is 4.22. The number of hydrogen-bond donors (Lipinski definition) is 2. The number of aromatic nitrogens is 2. The molecule has 1 heterocycles. The SMILES string of the molecule is CCOc1ccc(C#Cc2nc3ccc(-c4ccccc4C(C)(C)O)cc3[nH]2)cc1. The molecule has 30 heavy (non-hydrogen) atoms. The van der Waals surface area contributed by atoms with Crippen molar-refractivity contribution < 1.29 is 9.84 Å². The summed E-state index contributed by atoms with van der Waals surface area (Å²) < 4.78 is 5.46. The number of benzene rings is 3. The lowest BCUT2D eigenvalue weighted by Crippen LogP contribution is -2.16. The van der Waals surface area contributed by atoms with E-state index in [1.807, 2.05) is 67.6 Å². The van der Waals surface area contributed by atoms with Crippen molar-refractivity contribution in [3.8, 4) is 28.7 Å². The fourth-order valence-electron chi connectivity index (χ4n) is 3.44. The molecule has 150 valence electrons. The van der Waals surface area contributed by atoms with Gasteiger partial charge in [0.15, 0.2) is 5.82 Å². The zero-order chi connectivity index (χ0) is 21.1. The number of nitrogens with zero attached hydrogens (tertiary/aromatic N) is 1. The number of H-pyrrole nitrogens is 1. The Hall–Kier alpha value is -3.55. The highest BCUT2D eigenvalue weighted by atomic mass is 16.5. The Balaban J connectivity index is 1.65. The first-order chi connectivity index (χ1) is 14.4. The van der Waals surface area contributed by atoms with Crippen molar-refractivity contribution in [2.75, 3.05) is 6.61 Å². The van der Waals surface area contributed by atoms with Gasteiger partial charge in [-0.05, 0) is 79.8 Å². The van der Waals surface area contributed by atoms with Crippen LogP contribution in [0, 0.1) is 11.8 Å². The van der Waals surface area contributed by atoms with E-state index in [4.69, 9.17) is 4.74 Å². The summed E-state index contributed by atoms with van der Waals surface area (Å²) in [5.41, 5.74) is 4.66. The second kappa shape index (κ2) is 8.06. The summed E-state index contributed by atoms with van der Waals surface area (Å²) in [6.07, 6.45) is 0. The molecular formula is C26H24N2O2.